The van der Waals surface area contributed by atoms with Gasteiger partial charge in [0.15, 0.2) is 0 Å². The van der Waals surface area contributed by atoms with E-state index in [1.807, 2.05) is 30.3 Å². The molecule has 9 heteroatoms. The van der Waals surface area contributed by atoms with Gasteiger partial charge in [-0.1, -0.05) is 60.7 Å². The van der Waals surface area contributed by atoms with Crippen molar-refractivity contribution in [3.8, 4) is 6.07 Å². The normalized spacial score (nSPS) is 14.9. The van der Waals surface area contributed by atoms with Crippen LogP contribution in [0.2, 0.25) is 0 Å². The Morgan fingerprint density at radius 2 is 1.49 bits per heavy atom. The molecule has 9 nitrogen and oxygen atoms in total. The monoisotopic (exact) mass is 522 g/mol. The molecule has 39 heavy (non-hydrogen) atoms. The highest BCUT2D eigenvalue weighted by atomic mass is 16.5. The van der Waals surface area contributed by atoms with E-state index in [0.29, 0.717) is 16.9 Å². The molecule has 1 amide bonds. The third kappa shape index (κ3) is 5.50. The lowest BCUT2D eigenvalue weighted by molar-refractivity contribution is -0.139. The van der Waals surface area contributed by atoms with Gasteiger partial charge in [-0.25, -0.2) is 9.59 Å². The predicted molar refractivity (Wildman–Crippen MR) is 145 cm³/mol. The number of benzene rings is 3. The first-order chi connectivity index (χ1) is 18.9. The van der Waals surface area contributed by atoms with Crippen LogP contribution in [0, 0.1) is 11.3 Å². The number of anilines is 2. The molecule has 1 aliphatic heterocycles. The van der Waals surface area contributed by atoms with E-state index < -0.39 is 17.9 Å². The van der Waals surface area contributed by atoms with Gasteiger partial charge in [0, 0.05) is 11.4 Å². The van der Waals surface area contributed by atoms with Crippen molar-refractivity contribution in [3.05, 3.63) is 119 Å². The molecule has 1 atom stereocenters. The molecule has 3 N–H and O–H groups in total. The van der Waals surface area contributed by atoms with Gasteiger partial charge in [-0.15, -0.1) is 0 Å². The Morgan fingerprint density at radius 3 is 2.05 bits per heavy atom. The summed E-state index contributed by atoms with van der Waals surface area (Å²) in [7, 11) is 2.38. The van der Waals surface area contributed by atoms with Crippen molar-refractivity contribution in [1.29, 1.82) is 5.26 Å². The Hall–Kier alpha value is -5.36. The third-order valence-electron chi connectivity index (χ3n) is 6.23. The standard InChI is InChI=1S/C30H26N4O5/c1-38-29(36)26-25(20-11-7-4-8-12-20)23(18-31)28(32)34(27(26)30(37)39-2)22-15-13-21(14-16-22)33-24(35)17-19-9-5-3-6-10-19/h3-16,25H,17,32H2,1-2H3,(H,33,35). The molecule has 4 rings (SSSR count). The Morgan fingerprint density at radius 1 is 0.897 bits per heavy atom. The molecule has 196 valence electrons. The summed E-state index contributed by atoms with van der Waals surface area (Å²) in [6.45, 7) is 0. The minimum atomic E-state index is -0.953. The Balaban J connectivity index is 1.77. The molecular formula is C30H26N4O5. The average Bonchev–Trinajstić information content (AvgIpc) is 2.97. The summed E-state index contributed by atoms with van der Waals surface area (Å²) in [6, 6.07) is 26.7. The van der Waals surface area contributed by atoms with Crippen LogP contribution >= 0.6 is 0 Å². The number of hydrogen-bond acceptors (Lipinski definition) is 8. The highest BCUT2D eigenvalue weighted by molar-refractivity contribution is 6.06. The highest BCUT2D eigenvalue weighted by Gasteiger charge is 2.42. The minimum absolute atomic E-state index is 0.0414. The van der Waals surface area contributed by atoms with E-state index in [2.05, 4.69) is 11.4 Å². The molecule has 1 unspecified atom stereocenters. The van der Waals surface area contributed by atoms with E-state index in [1.165, 1.54) is 19.1 Å². The maximum atomic E-state index is 13.1. The van der Waals surface area contributed by atoms with Crippen LogP contribution in [0.1, 0.15) is 17.0 Å². The van der Waals surface area contributed by atoms with Gasteiger partial charge in [0.25, 0.3) is 0 Å². The van der Waals surface area contributed by atoms with E-state index in [0.717, 1.165) is 5.56 Å². The molecule has 0 radical (unpaired) electrons. The van der Waals surface area contributed by atoms with Gasteiger partial charge in [0.1, 0.15) is 11.5 Å². The van der Waals surface area contributed by atoms with E-state index in [4.69, 9.17) is 15.2 Å². The summed E-state index contributed by atoms with van der Waals surface area (Å²) in [5.41, 5.74) is 8.65. The summed E-state index contributed by atoms with van der Waals surface area (Å²) >= 11 is 0. The number of hydrogen-bond donors (Lipinski definition) is 2. The fourth-order valence-electron chi connectivity index (χ4n) is 4.46. The van der Waals surface area contributed by atoms with Gasteiger partial charge in [0.2, 0.25) is 5.91 Å². The number of nitrogens with two attached hydrogens (primary N) is 1. The zero-order valence-electron chi connectivity index (χ0n) is 21.4. The maximum absolute atomic E-state index is 13.1. The van der Waals surface area contributed by atoms with Crippen molar-refractivity contribution in [3.63, 3.8) is 0 Å². The van der Waals surface area contributed by atoms with Crippen LogP contribution < -0.4 is 16.0 Å². The summed E-state index contributed by atoms with van der Waals surface area (Å²) in [6.07, 6.45) is 0.203. The zero-order valence-corrected chi connectivity index (χ0v) is 21.4. The molecule has 3 aromatic rings. The van der Waals surface area contributed by atoms with E-state index >= 15 is 0 Å². The molecule has 0 bridgehead atoms. The van der Waals surface area contributed by atoms with Crippen molar-refractivity contribution in [2.45, 2.75) is 12.3 Å². The summed E-state index contributed by atoms with van der Waals surface area (Å²) in [4.78, 5) is 40.1. The van der Waals surface area contributed by atoms with Crippen LogP contribution in [0.25, 0.3) is 0 Å². The summed E-state index contributed by atoms with van der Waals surface area (Å²) in [5.74, 6) is -2.84. The van der Waals surface area contributed by atoms with Gasteiger partial charge in [0.05, 0.1) is 43.8 Å². The lowest BCUT2D eigenvalue weighted by Gasteiger charge is -2.35. The minimum Gasteiger partial charge on any atom is -0.466 e. The number of rotatable bonds is 7. The summed E-state index contributed by atoms with van der Waals surface area (Å²) in [5, 5.41) is 13.0. The van der Waals surface area contributed by atoms with Crippen molar-refractivity contribution in [1.82, 2.24) is 0 Å². The average molecular weight is 523 g/mol. The van der Waals surface area contributed by atoms with Crippen LogP contribution in [0.5, 0.6) is 0 Å². The van der Waals surface area contributed by atoms with Crippen molar-refractivity contribution >= 4 is 29.2 Å². The number of allylic oxidation sites excluding steroid dienone is 1. The smallest absolute Gasteiger partial charge is 0.355 e. The van der Waals surface area contributed by atoms with Crippen LogP contribution in [-0.2, 0) is 30.3 Å². The number of esters is 2. The van der Waals surface area contributed by atoms with Crippen molar-refractivity contribution in [2.75, 3.05) is 24.4 Å². The number of nitrogens with zero attached hydrogens (tertiary/aromatic N) is 2. The van der Waals surface area contributed by atoms with E-state index in [9.17, 15) is 19.6 Å². The van der Waals surface area contributed by atoms with Crippen LogP contribution in [-0.4, -0.2) is 32.1 Å². The zero-order chi connectivity index (χ0) is 27.9. The molecule has 3 aromatic carbocycles. The van der Waals surface area contributed by atoms with Crippen LogP contribution in [0.15, 0.2) is 108 Å². The van der Waals surface area contributed by atoms with Gasteiger partial charge in [-0.3, -0.25) is 9.69 Å². The number of nitrogens with one attached hydrogen (secondary N) is 1. The largest absolute Gasteiger partial charge is 0.466 e. The molecule has 0 spiro atoms. The topological polar surface area (TPSA) is 135 Å². The second-order valence-electron chi connectivity index (χ2n) is 8.59. The fourth-order valence-corrected chi connectivity index (χ4v) is 4.46. The molecule has 0 aromatic heterocycles. The first-order valence-corrected chi connectivity index (χ1v) is 12.0. The lowest BCUT2D eigenvalue weighted by atomic mass is 9.81. The maximum Gasteiger partial charge on any atom is 0.355 e. The molecule has 0 aliphatic carbocycles. The molecular weight excluding hydrogens is 496 g/mol. The molecule has 0 saturated heterocycles. The van der Waals surface area contributed by atoms with Gasteiger partial charge < -0.3 is 20.5 Å². The first kappa shape index (κ1) is 26.7. The molecule has 0 fully saturated rings. The molecule has 0 saturated carbocycles. The lowest BCUT2D eigenvalue weighted by Crippen LogP contribution is -2.40. The third-order valence-corrected chi connectivity index (χ3v) is 6.23. The number of ether oxygens (including phenoxy) is 2. The quantitative estimate of drug-likeness (QED) is 0.448. The van der Waals surface area contributed by atoms with Gasteiger partial charge in [-0.05, 0) is 35.4 Å². The Kier molecular flexibility index (Phi) is 8.07. The number of amides is 1. The first-order valence-electron chi connectivity index (χ1n) is 12.0. The highest BCUT2D eigenvalue weighted by Crippen LogP contribution is 2.43. The predicted octanol–water partition coefficient (Wildman–Crippen LogP) is 3.77. The Labute approximate surface area is 225 Å². The van der Waals surface area contributed by atoms with Crippen molar-refractivity contribution < 1.29 is 23.9 Å². The SMILES string of the molecule is COC(=O)C1=C(C(=O)OC)N(c2ccc(NC(=O)Cc3ccccc3)cc2)C(N)=C(C#N)C1c1ccccc1. The fraction of sp³-hybridized carbons (Fsp3) is 0.133. The number of nitriles is 1. The number of methoxy groups -OCH3 is 2. The number of carbonyl (C=O) groups is 3. The van der Waals surface area contributed by atoms with E-state index in [1.54, 1.807) is 54.6 Å². The second kappa shape index (κ2) is 11.8. The molecule has 1 heterocycles. The Bertz CT molecular complexity index is 1490. The van der Waals surface area contributed by atoms with Crippen LogP contribution in [0.4, 0.5) is 11.4 Å². The summed E-state index contributed by atoms with van der Waals surface area (Å²) < 4.78 is 10.1. The molecule has 1 aliphatic rings. The van der Waals surface area contributed by atoms with Crippen molar-refractivity contribution in [2.24, 2.45) is 5.73 Å². The van der Waals surface area contributed by atoms with Gasteiger partial charge >= 0.3 is 11.9 Å². The number of carbonyl (C=O) groups excluding carboxylic acids is 3. The van der Waals surface area contributed by atoms with Gasteiger partial charge in [-0.2, -0.15) is 5.26 Å². The van der Waals surface area contributed by atoms with E-state index in [-0.39, 0.29) is 35.0 Å². The van der Waals surface area contributed by atoms with Crippen LogP contribution in [0.3, 0.4) is 0 Å². The second-order valence-corrected chi connectivity index (χ2v) is 8.59.